The molecule has 0 saturated carbocycles. The summed E-state index contributed by atoms with van der Waals surface area (Å²) in [5.41, 5.74) is 1.04. The van der Waals surface area contributed by atoms with Crippen LogP contribution in [0.4, 0.5) is 0 Å². The molecule has 0 bridgehead atoms. The lowest BCUT2D eigenvalue weighted by Gasteiger charge is -2.01. The van der Waals surface area contributed by atoms with E-state index in [0.717, 1.165) is 27.7 Å². The summed E-state index contributed by atoms with van der Waals surface area (Å²) in [6.45, 7) is 1.59. The Morgan fingerprint density at radius 2 is 1.92 bits per heavy atom. The number of carbonyl (C=O) groups is 1. The summed E-state index contributed by atoms with van der Waals surface area (Å²) >= 11 is 0.958. The lowest BCUT2D eigenvalue weighted by molar-refractivity contribution is -0.254. The van der Waals surface area contributed by atoms with Gasteiger partial charge in [-0.3, -0.25) is 4.79 Å². The van der Waals surface area contributed by atoms with Gasteiger partial charge in [-0.05, 0) is 34.9 Å². The average Bonchev–Trinajstić information content (AvgIpc) is 2.97. The molecule has 4 rings (SSSR count). The quantitative estimate of drug-likeness (QED) is 0.608. The number of aromatic amines is 1. The normalized spacial score (nSPS) is 11.6. The van der Waals surface area contributed by atoms with Crippen molar-refractivity contribution in [3.8, 4) is 0 Å². The fourth-order valence-corrected chi connectivity index (χ4v) is 4.02. The molecule has 0 amide bonds. The third-order valence-corrected chi connectivity index (χ3v) is 5.41. The van der Waals surface area contributed by atoms with Gasteiger partial charge in [0, 0.05) is 0 Å². The molecule has 0 aliphatic carbocycles. The Labute approximate surface area is 152 Å². The van der Waals surface area contributed by atoms with E-state index in [9.17, 15) is 14.7 Å². The van der Waals surface area contributed by atoms with Crippen LogP contribution in [0.25, 0.3) is 33.1 Å². The second kappa shape index (κ2) is 6.24. The van der Waals surface area contributed by atoms with E-state index in [1.807, 2.05) is 48.5 Å². The molecule has 5 nitrogen and oxygen atoms in total. The van der Waals surface area contributed by atoms with Crippen LogP contribution in [0.2, 0.25) is 0 Å². The minimum Gasteiger partial charge on any atom is -0.544 e. The lowest BCUT2D eigenvalue weighted by atomic mass is 10.0. The SMILES string of the molecule is Cc1c(C(=O)[O-])sc2nc(/C=C/c3cccc4ccccc34)[nH]c(=O)c12. The Morgan fingerprint density at radius 1 is 1.15 bits per heavy atom. The maximum Gasteiger partial charge on any atom is 0.260 e. The minimum absolute atomic E-state index is 0.0354. The summed E-state index contributed by atoms with van der Waals surface area (Å²) in [7, 11) is 0. The number of nitrogens with one attached hydrogen (secondary N) is 1. The van der Waals surface area contributed by atoms with E-state index < -0.39 is 5.97 Å². The first kappa shape index (κ1) is 16.2. The van der Waals surface area contributed by atoms with Gasteiger partial charge in [-0.15, -0.1) is 11.3 Å². The second-order valence-electron chi connectivity index (χ2n) is 5.88. The molecule has 128 valence electrons. The average molecular weight is 361 g/mol. The van der Waals surface area contributed by atoms with Gasteiger partial charge in [-0.1, -0.05) is 48.5 Å². The van der Waals surface area contributed by atoms with E-state index in [1.165, 1.54) is 0 Å². The van der Waals surface area contributed by atoms with Crippen LogP contribution in [0.5, 0.6) is 0 Å². The molecule has 0 aliphatic heterocycles. The molecule has 2 aromatic heterocycles. The largest absolute Gasteiger partial charge is 0.544 e. The number of carboxylic acids is 1. The standard InChI is InChI=1S/C20H14N2O3S/c1-11-16-18(23)21-15(22-19(16)26-17(11)20(24)25)10-9-13-7-4-6-12-5-2-3-8-14(12)13/h2-10H,1H3,(H,24,25)(H,21,22,23)/p-1/b10-9+. The van der Waals surface area contributed by atoms with Crippen LogP contribution >= 0.6 is 11.3 Å². The highest BCUT2D eigenvalue weighted by Crippen LogP contribution is 2.26. The van der Waals surface area contributed by atoms with Gasteiger partial charge in [0.25, 0.3) is 5.56 Å². The number of hydrogen-bond acceptors (Lipinski definition) is 5. The van der Waals surface area contributed by atoms with Crippen LogP contribution < -0.4 is 10.7 Å². The van der Waals surface area contributed by atoms with Crippen LogP contribution in [0, 0.1) is 6.92 Å². The number of fused-ring (bicyclic) bond motifs is 2. The van der Waals surface area contributed by atoms with Crippen molar-refractivity contribution in [1.29, 1.82) is 0 Å². The van der Waals surface area contributed by atoms with Crippen LogP contribution in [0.1, 0.15) is 26.6 Å². The highest BCUT2D eigenvalue weighted by atomic mass is 32.1. The number of carboxylic acid groups (broad SMARTS) is 1. The van der Waals surface area contributed by atoms with Gasteiger partial charge in [0.1, 0.15) is 10.7 Å². The highest BCUT2D eigenvalue weighted by Gasteiger charge is 2.14. The zero-order valence-electron chi connectivity index (χ0n) is 13.8. The first-order valence-electron chi connectivity index (χ1n) is 7.95. The molecule has 6 heteroatoms. The van der Waals surface area contributed by atoms with Gasteiger partial charge in [0.2, 0.25) is 0 Å². The van der Waals surface area contributed by atoms with Gasteiger partial charge in [0.05, 0.1) is 16.2 Å². The Balaban J connectivity index is 1.81. The van der Waals surface area contributed by atoms with Crippen LogP contribution in [-0.2, 0) is 0 Å². The van der Waals surface area contributed by atoms with Crippen molar-refractivity contribution in [1.82, 2.24) is 9.97 Å². The zero-order chi connectivity index (χ0) is 18.3. The van der Waals surface area contributed by atoms with E-state index in [-0.39, 0.29) is 10.4 Å². The van der Waals surface area contributed by atoms with Crippen molar-refractivity contribution < 1.29 is 9.90 Å². The van der Waals surface area contributed by atoms with Crippen LogP contribution in [0.15, 0.2) is 47.3 Å². The van der Waals surface area contributed by atoms with E-state index in [0.29, 0.717) is 21.6 Å². The molecule has 0 aliphatic rings. The number of carbonyl (C=O) groups excluding carboxylic acids is 1. The predicted octanol–water partition coefficient (Wildman–Crippen LogP) is 2.98. The molecule has 2 aromatic carbocycles. The molecule has 0 spiro atoms. The molecule has 0 unspecified atom stereocenters. The van der Waals surface area contributed by atoms with Crippen molar-refractivity contribution in [2.75, 3.05) is 0 Å². The van der Waals surface area contributed by atoms with E-state index in [1.54, 1.807) is 13.0 Å². The molecule has 2 heterocycles. The smallest absolute Gasteiger partial charge is 0.260 e. The highest BCUT2D eigenvalue weighted by molar-refractivity contribution is 7.20. The van der Waals surface area contributed by atoms with Crippen molar-refractivity contribution in [2.24, 2.45) is 0 Å². The fraction of sp³-hybridized carbons (Fsp3) is 0.0500. The monoisotopic (exact) mass is 361 g/mol. The number of thiophene rings is 1. The van der Waals surface area contributed by atoms with E-state index >= 15 is 0 Å². The van der Waals surface area contributed by atoms with E-state index in [4.69, 9.17) is 0 Å². The van der Waals surface area contributed by atoms with Crippen molar-refractivity contribution in [3.05, 3.63) is 74.6 Å². The van der Waals surface area contributed by atoms with E-state index in [2.05, 4.69) is 9.97 Å². The third kappa shape index (κ3) is 2.70. The topological polar surface area (TPSA) is 85.9 Å². The molecule has 0 radical (unpaired) electrons. The zero-order valence-corrected chi connectivity index (χ0v) is 14.6. The lowest BCUT2D eigenvalue weighted by Crippen LogP contribution is -2.21. The van der Waals surface area contributed by atoms with Crippen LogP contribution in [0.3, 0.4) is 0 Å². The summed E-state index contributed by atoms with van der Waals surface area (Å²) < 4.78 is 0. The van der Waals surface area contributed by atoms with Gasteiger partial charge in [-0.25, -0.2) is 4.98 Å². The molecule has 26 heavy (non-hydrogen) atoms. The Bertz CT molecular complexity index is 1250. The van der Waals surface area contributed by atoms with Gasteiger partial charge < -0.3 is 14.9 Å². The number of aryl methyl sites for hydroxylation is 1. The molecular weight excluding hydrogens is 348 g/mol. The van der Waals surface area contributed by atoms with Crippen molar-refractivity contribution in [2.45, 2.75) is 6.92 Å². The summed E-state index contributed by atoms with van der Waals surface area (Å²) in [6.07, 6.45) is 3.60. The number of H-pyrrole nitrogens is 1. The first-order chi connectivity index (χ1) is 12.5. The number of aromatic nitrogens is 2. The molecule has 0 fully saturated rings. The third-order valence-electron chi connectivity index (χ3n) is 4.25. The Morgan fingerprint density at radius 3 is 2.73 bits per heavy atom. The van der Waals surface area contributed by atoms with Gasteiger partial charge in [0.15, 0.2) is 0 Å². The Kier molecular flexibility index (Phi) is 3.89. The molecule has 4 aromatic rings. The number of benzene rings is 2. The minimum atomic E-state index is -1.29. The summed E-state index contributed by atoms with van der Waals surface area (Å²) in [6, 6.07) is 14.0. The Hall–Kier alpha value is -3.25. The van der Waals surface area contributed by atoms with Crippen LogP contribution in [-0.4, -0.2) is 15.9 Å². The summed E-state index contributed by atoms with van der Waals surface area (Å²) in [5, 5.41) is 13.7. The number of hydrogen-bond donors (Lipinski definition) is 1. The molecular formula is C20H13N2O3S-. The first-order valence-corrected chi connectivity index (χ1v) is 8.77. The second-order valence-corrected chi connectivity index (χ2v) is 6.88. The number of nitrogens with zero attached hydrogens (tertiary/aromatic N) is 1. The molecule has 0 atom stereocenters. The van der Waals surface area contributed by atoms with Crippen molar-refractivity contribution in [3.63, 3.8) is 0 Å². The maximum absolute atomic E-state index is 12.3. The van der Waals surface area contributed by atoms with Crippen molar-refractivity contribution >= 4 is 50.4 Å². The van der Waals surface area contributed by atoms with Gasteiger partial charge >= 0.3 is 0 Å². The van der Waals surface area contributed by atoms with Gasteiger partial charge in [-0.2, -0.15) is 0 Å². The fourth-order valence-electron chi connectivity index (χ4n) is 3.00. The summed E-state index contributed by atoms with van der Waals surface area (Å²) in [5.74, 6) is -0.917. The number of aromatic carboxylic acids is 1. The molecule has 0 saturated heterocycles. The summed E-state index contributed by atoms with van der Waals surface area (Å²) in [4.78, 5) is 31.0. The number of rotatable bonds is 3. The predicted molar refractivity (Wildman–Crippen MR) is 102 cm³/mol. The molecule has 1 N–H and O–H groups in total. The maximum atomic E-state index is 12.3.